The normalized spacial score (nSPS) is 12.0. The van der Waals surface area contributed by atoms with Crippen molar-refractivity contribution in [3.05, 3.63) is 17.5 Å². The van der Waals surface area contributed by atoms with E-state index in [9.17, 15) is 0 Å². The number of aromatic amines is 1. The minimum Gasteiger partial charge on any atom is -0.363 e. The van der Waals surface area contributed by atoms with Crippen LogP contribution in [-0.4, -0.2) is 21.2 Å². The zero-order valence-electron chi connectivity index (χ0n) is 6.33. The smallest absolute Gasteiger partial charge is 0.172 e. The Bertz CT molecular complexity index is 237. The summed E-state index contributed by atoms with van der Waals surface area (Å²) in [5, 5.41) is 15.6. The second kappa shape index (κ2) is 2.61. The fourth-order valence-electron chi connectivity index (χ4n) is 0.855. The van der Waals surface area contributed by atoms with E-state index in [4.69, 9.17) is 16.6 Å². The van der Waals surface area contributed by atoms with Gasteiger partial charge in [0, 0.05) is 12.1 Å². The Balaban J connectivity index is 2.65. The van der Waals surface area contributed by atoms with Gasteiger partial charge in [0.05, 0.1) is 5.69 Å². The van der Waals surface area contributed by atoms with E-state index in [0.29, 0.717) is 5.69 Å². The van der Waals surface area contributed by atoms with Gasteiger partial charge in [-0.3, -0.25) is 16.6 Å². The molecule has 1 aromatic heterocycles. The van der Waals surface area contributed by atoms with Crippen molar-refractivity contribution in [2.75, 3.05) is 0 Å². The molecule has 0 bridgehead atoms. The average Bonchev–Trinajstić information content (AvgIpc) is 2.10. The van der Waals surface area contributed by atoms with Crippen LogP contribution in [0.3, 0.4) is 0 Å². The molecule has 11 heavy (non-hydrogen) atoms. The lowest BCUT2D eigenvalue weighted by Gasteiger charge is -2.14. The van der Waals surface area contributed by atoms with Crippen LogP contribution in [0.25, 0.3) is 0 Å². The summed E-state index contributed by atoms with van der Waals surface area (Å²) >= 11 is 0. The molecule has 0 saturated heterocycles. The van der Waals surface area contributed by atoms with Crippen molar-refractivity contribution in [2.45, 2.75) is 19.2 Å². The molecule has 0 atom stereocenters. The van der Waals surface area contributed by atoms with Crippen molar-refractivity contribution in [1.29, 1.82) is 0 Å². The molecule has 1 aromatic rings. The Morgan fingerprint density at radius 1 is 1.73 bits per heavy atom. The van der Waals surface area contributed by atoms with Crippen LogP contribution in [0.4, 0.5) is 0 Å². The van der Waals surface area contributed by atoms with Gasteiger partial charge in [0.15, 0.2) is 5.85 Å². The first-order chi connectivity index (χ1) is 4.97. The van der Waals surface area contributed by atoms with Gasteiger partial charge in [0.25, 0.3) is 0 Å². The van der Waals surface area contributed by atoms with E-state index >= 15 is 0 Å². The summed E-state index contributed by atoms with van der Waals surface area (Å²) in [7, 11) is 0. The maximum atomic E-state index is 8.98. The molecule has 6 N–H and O–H groups in total. The van der Waals surface area contributed by atoms with E-state index in [-0.39, 0.29) is 6.42 Å². The molecule has 5 nitrogen and oxygen atoms in total. The number of nitrogens with zero attached hydrogens (tertiary/aromatic N) is 1. The van der Waals surface area contributed by atoms with E-state index in [1.54, 1.807) is 6.07 Å². The molecule has 0 aliphatic heterocycles. The highest BCUT2D eigenvalue weighted by atomic mass is 16.3. The molecular weight excluding hydrogens is 144 g/mol. The topological polar surface area (TPSA) is 101 Å². The van der Waals surface area contributed by atoms with Crippen molar-refractivity contribution in [1.82, 2.24) is 10.2 Å². The Morgan fingerprint density at radius 3 is 2.73 bits per heavy atom. The van der Waals surface area contributed by atoms with Crippen LogP contribution in [0.1, 0.15) is 11.4 Å². The molecule has 0 amide bonds. The minimum absolute atomic E-state index is 0.150. The lowest BCUT2D eigenvalue weighted by Crippen LogP contribution is -2.51. The first-order valence-corrected chi connectivity index (χ1v) is 3.28. The fourth-order valence-corrected chi connectivity index (χ4v) is 0.855. The number of aryl methyl sites for hydroxylation is 1. The first-order valence-electron chi connectivity index (χ1n) is 3.28. The second-order valence-electron chi connectivity index (χ2n) is 2.71. The van der Waals surface area contributed by atoms with Gasteiger partial charge in [0.2, 0.25) is 0 Å². The summed E-state index contributed by atoms with van der Waals surface area (Å²) in [5.41, 5.74) is 11.9. The van der Waals surface area contributed by atoms with E-state index < -0.39 is 5.85 Å². The predicted octanol–water partition coefficient (Wildman–Crippen LogP) is -1.18. The highest BCUT2D eigenvalue weighted by Crippen LogP contribution is 2.02. The van der Waals surface area contributed by atoms with Crippen LogP contribution < -0.4 is 11.5 Å². The Morgan fingerprint density at radius 2 is 2.36 bits per heavy atom. The lowest BCUT2D eigenvalue weighted by molar-refractivity contribution is 0.0534. The van der Waals surface area contributed by atoms with Crippen LogP contribution in [-0.2, 0) is 6.42 Å². The molecule has 0 spiro atoms. The third-order valence-corrected chi connectivity index (χ3v) is 1.22. The number of rotatable bonds is 2. The van der Waals surface area contributed by atoms with Crippen molar-refractivity contribution in [3.63, 3.8) is 0 Å². The number of aliphatic hydroxyl groups is 1. The highest BCUT2D eigenvalue weighted by Gasteiger charge is 2.15. The molecule has 0 saturated carbocycles. The molecule has 1 rings (SSSR count). The molecule has 0 radical (unpaired) electrons. The molecule has 0 aromatic carbocycles. The third kappa shape index (κ3) is 2.67. The van der Waals surface area contributed by atoms with Gasteiger partial charge in [-0.2, -0.15) is 5.10 Å². The van der Waals surface area contributed by atoms with E-state index in [0.717, 1.165) is 5.69 Å². The van der Waals surface area contributed by atoms with Gasteiger partial charge in [-0.1, -0.05) is 0 Å². The molecule has 0 aliphatic rings. The molecule has 5 heteroatoms. The van der Waals surface area contributed by atoms with Gasteiger partial charge in [-0.15, -0.1) is 0 Å². The predicted molar refractivity (Wildman–Crippen MR) is 40.4 cm³/mol. The molecule has 1 heterocycles. The number of aromatic nitrogens is 2. The lowest BCUT2D eigenvalue weighted by atomic mass is 10.2. The van der Waals surface area contributed by atoms with E-state index in [1.807, 2.05) is 6.92 Å². The fraction of sp³-hybridized carbons (Fsp3) is 0.500. The molecule has 0 fully saturated rings. The second-order valence-corrected chi connectivity index (χ2v) is 2.71. The maximum Gasteiger partial charge on any atom is 0.172 e. The van der Waals surface area contributed by atoms with E-state index in [2.05, 4.69) is 10.2 Å². The van der Waals surface area contributed by atoms with Gasteiger partial charge in [0.1, 0.15) is 0 Å². The largest absolute Gasteiger partial charge is 0.363 e. The highest BCUT2D eigenvalue weighted by molar-refractivity contribution is 5.08. The quantitative estimate of drug-likeness (QED) is 0.405. The van der Waals surface area contributed by atoms with Gasteiger partial charge in [-0.05, 0) is 13.0 Å². The van der Waals surface area contributed by atoms with Crippen LogP contribution >= 0.6 is 0 Å². The van der Waals surface area contributed by atoms with Gasteiger partial charge < -0.3 is 5.11 Å². The summed E-state index contributed by atoms with van der Waals surface area (Å²) in [6.07, 6.45) is 0.150. The maximum absolute atomic E-state index is 8.98. The molecule has 0 aliphatic carbocycles. The summed E-state index contributed by atoms with van der Waals surface area (Å²) < 4.78 is 0. The summed E-state index contributed by atoms with van der Waals surface area (Å²) in [6.45, 7) is 1.86. The van der Waals surface area contributed by atoms with Crippen LogP contribution in [0.15, 0.2) is 6.07 Å². The zero-order chi connectivity index (χ0) is 8.48. The SMILES string of the molecule is Cc1cc(CC(N)(N)O)n[nH]1. The molecule has 62 valence electrons. The van der Waals surface area contributed by atoms with Crippen molar-refractivity contribution < 1.29 is 5.11 Å². The zero-order valence-corrected chi connectivity index (χ0v) is 6.33. The Labute approximate surface area is 64.4 Å². The third-order valence-electron chi connectivity index (χ3n) is 1.22. The summed E-state index contributed by atoms with van der Waals surface area (Å²) in [5.74, 6) is -1.67. The first kappa shape index (κ1) is 8.19. The number of nitrogens with one attached hydrogen (secondary N) is 1. The van der Waals surface area contributed by atoms with Gasteiger partial charge >= 0.3 is 0 Å². The monoisotopic (exact) mass is 156 g/mol. The number of nitrogens with two attached hydrogens (primary N) is 2. The summed E-state index contributed by atoms with van der Waals surface area (Å²) in [4.78, 5) is 0. The summed E-state index contributed by atoms with van der Waals surface area (Å²) in [6, 6.07) is 1.78. The molecule has 0 unspecified atom stereocenters. The van der Waals surface area contributed by atoms with Crippen molar-refractivity contribution >= 4 is 0 Å². The average molecular weight is 156 g/mol. The number of hydrogen-bond acceptors (Lipinski definition) is 4. The van der Waals surface area contributed by atoms with Crippen LogP contribution in [0, 0.1) is 6.92 Å². The van der Waals surface area contributed by atoms with Crippen molar-refractivity contribution in [2.24, 2.45) is 11.5 Å². The number of hydrogen-bond donors (Lipinski definition) is 4. The standard InChI is InChI=1S/C6H12N4O/c1-4-2-5(10-9-4)3-6(7,8)11/h2,11H,3,7-8H2,1H3,(H,9,10). The Hall–Kier alpha value is -0.910. The molecular formula is C6H12N4O. The Kier molecular flexibility index (Phi) is 1.95. The number of H-pyrrole nitrogens is 1. The van der Waals surface area contributed by atoms with Crippen LogP contribution in [0.5, 0.6) is 0 Å². The van der Waals surface area contributed by atoms with Crippen molar-refractivity contribution in [3.8, 4) is 0 Å². The minimum atomic E-state index is -1.67. The van der Waals surface area contributed by atoms with Gasteiger partial charge in [-0.25, -0.2) is 0 Å². The van der Waals surface area contributed by atoms with E-state index in [1.165, 1.54) is 0 Å². The van der Waals surface area contributed by atoms with Crippen LogP contribution in [0.2, 0.25) is 0 Å².